The Morgan fingerprint density at radius 3 is 2.85 bits per heavy atom. The molecule has 0 bridgehead atoms. The SMILES string of the molecule is COc1ccsc1S(=O)(=O)N1CCC[C@H](C(=O)O)[C@@H]1C. The summed E-state index contributed by atoms with van der Waals surface area (Å²) in [5, 5.41) is 10.8. The zero-order chi connectivity index (χ0) is 14.9. The van der Waals surface area contributed by atoms with Crippen molar-refractivity contribution < 1.29 is 23.1 Å². The Bertz CT molecular complexity index is 595. The molecule has 112 valence electrons. The number of piperidine rings is 1. The van der Waals surface area contributed by atoms with E-state index in [0.717, 1.165) is 11.3 Å². The van der Waals surface area contributed by atoms with Gasteiger partial charge in [0.2, 0.25) is 0 Å². The minimum absolute atomic E-state index is 0.137. The number of nitrogens with zero attached hydrogens (tertiary/aromatic N) is 1. The van der Waals surface area contributed by atoms with Crippen molar-refractivity contribution in [3.05, 3.63) is 11.4 Å². The van der Waals surface area contributed by atoms with E-state index >= 15 is 0 Å². The van der Waals surface area contributed by atoms with Crippen LogP contribution in [0.1, 0.15) is 19.8 Å². The number of carboxylic acids is 1. The van der Waals surface area contributed by atoms with Gasteiger partial charge in [-0.15, -0.1) is 11.3 Å². The maximum atomic E-state index is 12.7. The minimum atomic E-state index is -3.71. The summed E-state index contributed by atoms with van der Waals surface area (Å²) in [6.45, 7) is 1.99. The molecule has 0 saturated carbocycles. The summed E-state index contributed by atoms with van der Waals surface area (Å²) in [7, 11) is -2.30. The van der Waals surface area contributed by atoms with Crippen molar-refractivity contribution in [2.45, 2.75) is 30.0 Å². The monoisotopic (exact) mass is 319 g/mol. The second kappa shape index (κ2) is 5.71. The van der Waals surface area contributed by atoms with Gasteiger partial charge in [-0.25, -0.2) is 8.42 Å². The van der Waals surface area contributed by atoms with Gasteiger partial charge in [0, 0.05) is 12.6 Å². The molecule has 2 atom stereocenters. The number of aliphatic carboxylic acids is 1. The third-order valence-electron chi connectivity index (χ3n) is 3.61. The van der Waals surface area contributed by atoms with Crippen molar-refractivity contribution in [1.82, 2.24) is 4.31 Å². The average molecular weight is 319 g/mol. The molecule has 0 aliphatic carbocycles. The van der Waals surface area contributed by atoms with Gasteiger partial charge in [-0.2, -0.15) is 4.31 Å². The fourth-order valence-electron chi connectivity index (χ4n) is 2.51. The number of methoxy groups -OCH3 is 1. The first-order valence-electron chi connectivity index (χ1n) is 6.25. The van der Waals surface area contributed by atoms with Gasteiger partial charge in [-0.05, 0) is 31.2 Å². The van der Waals surface area contributed by atoms with Gasteiger partial charge in [0.1, 0.15) is 5.75 Å². The zero-order valence-electron chi connectivity index (χ0n) is 11.3. The lowest BCUT2D eigenvalue weighted by molar-refractivity contribution is -0.144. The van der Waals surface area contributed by atoms with Crippen LogP contribution < -0.4 is 4.74 Å². The number of rotatable bonds is 4. The molecule has 0 radical (unpaired) electrons. The lowest BCUT2D eigenvalue weighted by Gasteiger charge is -2.36. The first kappa shape index (κ1) is 15.3. The van der Waals surface area contributed by atoms with Crippen LogP contribution in [0.4, 0.5) is 0 Å². The first-order chi connectivity index (χ1) is 9.39. The number of hydrogen-bond donors (Lipinski definition) is 1. The van der Waals surface area contributed by atoms with E-state index in [1.165, 1.54) is 11.4 Å². The van der Waals surface area contributed by atoms with Crippen molar-refractivity contribution in [2.24, 2.45) is 5.92 Å². The number of carbonyl (C=O) groups is 1. The summed E-state index contributed by atoms with van der Waals surface area (Å²) in [4.78, 5) is 11.2. The predicted molar refractivity (Wildman–Crippen MR) is 74.6 cm³/mol. The van der Waals surface area contributed by atoms with E-state index in [4.69, 9.17) is 4.74 Å². The number of ether oxygens (including phenoxy) is 1. The molecule has 0 amide bonds. The topological polar surface area (TPSA) is 83.9 Å². The van der Waals surface area contributed by atoms with Gasteiger partial charge in [0.05, 0.1) is 13.0 Å². The van der Waals surface area contributed by atoms with E-state index in [-0.39, 0.29) is 4.21 Å². The van der Waals surface area contributed by atoms with E-state index < -0.39 is 28.0 Å². The van der Waals surface area contributed by atoms with Crippen LogP contribution in [0.15, 0.2) is 15.7 Å². The van der Waals surface area contributed by atoms with Crippen LogP contribution in [0.3, 0.4) is 0 Å². The van der Waals surface area contributed by atoms with Crippen LogP contribution in [-0.2, 0) is 14.8 Å². The normalized spacial score (nSPS) is 24.5. The van der Waals surface area contributed by atoms with E-state index in [1.54, 1.807) is 18.4 Å². The van der Waals surface area contributed by atoms with Gasteiger partial charge in [0.25, 0.3) is 10.0 Å². The number of carboxylic acid groups (broad SMARTS) is 1. The Morgan fingerprint density at radius 1 is 1.55 bits per heavy atom. The molecule has 1 N–H and O–H groups in total. The Kier molecular flexibility index (Phi) is 4.36. The van der Waals surface area contributed by atoms with Crippen molar-refractivity contribution in [3.63, 3.8) is 0 Å². The third kappa shape index (κ3) is 2.55. The second-order valence-corrected chi connectivity index (χ2v) is 7.72. The van der Waals surface area contributed by atoms with E-state index in [0.29, 0.717) is 25.1 Å². The van der Waals surface area contributed by atoms with Crippen molar-refractivity contribution in [1.29, 1.82) is 0 Å². The van der Waals surface area contributed by atoms with Crippen molar-refractivity contribution in [3.8, 4) is 5.75 Å². The lowest BCUT2D eigenvalue weighted by atomic mass is 9.92. The molecular weight excluding hydrogens is 302 g/mol. The Labute approximate surface area is 122 Å². The molecule has 0 unspecified atom stereocenters. The van der Waals surface area contributed by atoms with E-state index in [9.17, 15) is 18.3 Å². The Hall–Kier alpha value is -1.12. The lowest BCUT2D eigenvalue weighted by Crippen LogP contribution is -2.48. The van der Waals surface area contributed by atoms with Crippen molar-refractivity contribution >= 4 is 27.3 Å². The van der Waals surface area contributed by atoms with Crippen molar-refractivity contribution in [2.75, 3.05) is 13.7 Å². The molecule has 6 nitrogen and oxygen atoms in total. The number of thiophene rings is 1. The maximum Gasteiger partial charge on any atom is 0.308 e. The van der Waals surface area contributed by atoms with Crippen LogP contribution in [0.5, 0.6) is 5.75 Å². The highest BCUT2D eigenvalue weighted by atomic mass is 32.2. The van der Waals surface area contributed by atoms with Gasteiger partial charge >= 0.3 is 5.97 Å². The number of hydrogen-bond acceptors (Lipinski definition) is 5. The van der Waals surface area contributed by atoms with Crippen LogP contribution >= 0.6 is 11.3 Å². The molecule has 2 heterocycles. The van der Waals surface area contributed by atoms with E-state index in [1.807, 2.05) is 0 Å². The van der Waals surface area contributed by atoms with E-state index in [2.05, 4.69) is 0 Å². The molecular formula is C12H17NO5S2. The fourth-order valence-corrected chi connectivity index (χ4v) is 5.61. The molecule has 1 aromatic heterocycles. The summed E-state index contributed by atoms with van der Waals surface area (Å²) >= 11 is 1.08. The van der Waals surface area contributed by atoms with Crippen LogP contribution in [0.2, 0.25) is 0 Å². The molecule has 1 fully saturated rings. The summed E-state index contributed by atoms with van der Waals surface area (Å²) in [6, 6.07) is 1.04. The average Bonchev–Trinajstić information content (AvgIpc) is 2.87. The molecule has 20 heavy (non-hydrogen) atoms. The highest BCUT2D eigenvalue weighted by Gasteiger charge is 2.40. The molecule has 1 saturated heterocycles. The Morgan fingerprint density at radius 2 is 2.25 bits per heavy atom. The minimum Gasteiger partial charge on any atom is -0.494 e. The summed E-state index contributed by atoms with van der Waals surface area (Å²) < 4.78 is 31.8. The summed E-state index contributed by atoms with van der Waals surface area (Å²) in [6.07, 6.45) is 1.05. The maximum absolute atomic E-state index is 12.7. The molecule has 0 aromatic carbocycles. The predicted octanol–water partition coefficient (Wildman–Crippen LogP) is 1.63. The van der Waals surface area contributed by atoms with Gasteiger partial charge in [-0.3, -0.25) is 4.79 Å². The van der Waals surface area contributed by atoms with Crippen LogP contribution in [0, 0.1) is 5.92 Å². The summed E-state index contributed by atoms with van der Waals surface area (Å²) in [5.41, 5.74) is 0. The van der Waals surface area contributed by atoms with Gasteiger partial charge in [0.15, 0.2) is 4.21 Å². The Balaban J connectivity index is 2.36. The molecule has 1 aliphatic rings. The standard InChI is InChI=1S/C12H17NO5S2/c1-8-9(11(14)15)4-3-6-13(8)20(16,17)12-10(18-2)5-7-19-12/h5,7-9H,3-4,6H2,1-2H3,(H,14,15)/t8-,9-/m0/s1. The molecule has 2 rings (SSSR count). The molecule has 0 spiro atoms. The fraction of sp³-hybridized carbons (Fsp3) is 0.583. The second-order valence-electron chi connectivity index (χ2n) is 4.72. The highest BCUT2D eigenvalue weighted by Crippen LogP contribution is 2.36. The first-order valence-corrected chi connectivity index (χ1v) is 8.57. The number of sulfonamides is 1. The highest BCUT2D eigenvalue weighted by molar-refractivity contribution is 7.91. The quantitative estimate of drug-likeness (QED) is 0.912. The molecule has 8 heteroatoms. The largest absolute Gasteiger partial charge is 0.494 e. The van der Waals surface area contributed by atoms with Gasteiger partial charge in [-0.1, -0.05) is 0 Å². The van der Waals surface area contributed by atoms with Gasteiger partial charge < -0.3 is 9.84 Å². The smallest absolute Gasteiger partial charge is 0.308 e. The molecule has 1 aliphatic heterocycles. The van der Waals surface area contributed by atoms with Crippen LogP contribution in [0.25, 0.3) is 0 Å². The zero-order valence-corrected chi connectivity index (χ0v) is 12.9. The van der Waals surface area contributed by atoms with Crippen LogP contribution in [-0.4, -0.2) is 43.5 Å². The summed E-state index contributed by atoms with van der Waals surface area (Å²) in [5.74, 6) is -1.31. The molecule has 1 aromatic rings. The third-order valence-corrected chi connectivity index (χ3v) is 7.02.